The van der Waals surface area contributed by atoms with Crippen LogP contribution in [0.5, 0.6) is 5.75 Å². The lowest BCUT2D eigenvalue weighted by Crippen LogP contribution is -2.24. The highest BCUT2D eigenvalue weighted by molar-refractivity contribution is 6.31. The average Bonchev–Trinajstić information content (AvgIpc) is 2.45. The molecule has 0 fully saturated rings. The van der Waals surface area contributed by atoms with Gasteiger partial charge in [-0.2, -0.15) is 0 Å². The largest absolute Gasteiger partial charge is 0.496 e. The summed E-state index contributed by atoms with van der Waals surface area (Å²) in [6.45, 7) is 0.329. The van der Waals surface area contributed by atoms with Crippen molar-refractivity contribution in [3.63, 3.8) is 0 Å². The van der Waals surface area contributed by atoms with Crippen LogP contribution in [0.15, 0.2) is 42.5 Å². The summed E-state index contributed by atoms with van der Waals surface area (Å²) < 4.78 is 5.16. The normalized spacial score (nSPS) is 10.1. The highest BCUT2D eigenvalue weighted by Gasteiger charge is 2.15. The van der Waals surface area contributed by atoms with Gasteiger partial charge >= 0.3 is 0 Å². The van der Waals surface area contributed by atoms with Crippen LogP contribution in [0.3, 0.4) is 0 Å². The molecular formula is C15H15ClN2O2. The quantitative estimate of drug-likeness (QED) is 0.851. The molecule has 0 aliphatic rings. The number of rotatable bonds is 4. The van der Waals surface area contributed by atoms with Crippen LogP contribution in [0.1, 0.15) is 15.9 Å². The number of carbonyl (C=O) groups is 1. The molecule has 2 rings (SSSR count). The van der Waals surface area contributed by atoms with Crippen LogP contribution in [-0.2, 0) is 6.54 Å². The number of nitrogens with two attached hydrogens (primary N) is 1. The zero-order valence-corrected chi connectivity index (χ0v) is 11.8. The second kappa shape index (κ2) is 6.30. The highest BCUT2D eigenvalue weighted by Crippen LogP contribution is 2.24. The number of anilines is 1. The molecule has 2 aromatic rings. The molecule has 0 radical (unpaired) electrons. The zero-order chi connectivity index (χ0) is 14.5. The Balaban J connectivity index is 2.15. The van der Waals surface area contributed by atoms with Gasteiger partial charge in [-0.15, -0.1) is 0 Å². The number of amides is 1. The van der Waals surface area contributed by atoms with E-state index in [2.05, 4.69) is 5.32 Å². The first kappa shape index (κ1) is 14.2. The van der Waals surface area contributed by atoms with Gasteiger partial charge in [0, 0.05) is 17.3 Å². The van der Waals surface area contributed by atoms with Gasteiger partial charge in [0.25, 0.3) is 5.91 Å². The molecule has 4 nitrogen and oxygen atoms in total. The van der Waals surface area contributed by atoms with Crippen molar-refractivity contribution in [1.82, 2.24) is 5.32 Å². The maximum absolute atomic E-state index is 12.2. The molecule has 3 N–H and O–H groups in total. The molecule has 0 saturated carbocycles. The van der Waals surface area contributed by atoms with Crippen LogP contribution >= 0.6 is 11.6 Å². The Bertz CT molecular complexity index is 629. The van der Waals surface area contributed by atoms with E-state index in [1.165, 1.54) is 7.11 Å². The Morgan fingerprint density at radius 3 is 2.70 bits per heavy atom. The summed E-state index contributed by atoms with van der Waals surface area (Å²) >= 11 is 6.04. The fraction of sp³-hybridized carbons (Fsp3) is 0.133. The second-order valence-electron chi connectivity index (χ2n) is 4.20. The second-order valence-corrected chi connectivity index (χ2v) is 4.61. The maximum atomic E-state index is 12.2. The van der Waals surface area contributed by atoms with Crippen LogP contribution in [0.2, 0.25) is 5.02 Å². The van der Waals surface area contributed by atoms with Crippen LogP contribution in [0.4, 0.5) is 5.69 Å². The number of benzene rings is 2. The standard InChI is InChI=1S/C15H15ClN2O2/c1-20-13-8-4-7-12(17)14(13)15(19)18-9-10-5-2-3-6-11(10)16/h2-8H,9,17H2,1H3,(H,18,19). The molecule has 0 aromatic heterocycles. The summed E-state index contributed by atoms with van der Waals surface area (Å²) in [6, 6.07) is 12.4. The van der Waals surface area contributed by atoms with E-state index < -0.39 is 0 Å². The summed E-state index contributed by atoms with van der Waals surface area (Å²) in [5.74, 6) is 0.154. The van der Waals surface area contributed by atoms with Gasteiger partial charge in [0.2, 0.25) is 0 Å². The Labute approximate surface area is 122 Å². The minimum atomic E-state index is -0.292. The van der Waals surface area contributed by atoms with E-state index in [-0.39, 0.29) is 5.91 Å². The maximum Gasteiger partial charge on any atom is 0.257 e. The Kier molecular flexibility index (Phi) is 4.48. The van der Waals surface area contributed by atoms with Crippen molar-refractivity contribution in [1.29, 1.82) is 0 Å². The SMILES string of the molecule is COc1cccc(N)c1C(=O)NCc1ccccc1Cl. The van der Waals surface area contributed by atoms with Gasteiger partial charge < -0.3 is 15.8 Å². The first-order valence-corrected chi connectivity index (χ1v) is 6.45. The predicted octanol–water partition coefficient (Wildman–Crippen LogP) is 2.86. The van der Waals surface area contributed by atoms with E-state index in [0.29, 0.717) is 28.6 Å². The number of hydrogen-bond donors (Lipinski definition) is 2. The lowest BCUT2D eigenvalue weighted by atomic mass is 10.1. The molecule has 0 atom stereocenters. The Morgan fingerprint density at radius 2 is 2.00 bits per heavy atom. The van der Waals surface area contributed by atoms with Crippen molar-refractivity contribution in [2.75, 3.05) is 12.8 Å². The minimum absolute atomic E-state index is 0.292. The number of carbonyl (C=O) groups excluding carboxylic acids is 1. The van der Waals surface area contributed by atoms with Crippen LogP contribution in [0, 0.1) is 0 Å². The molecule has 0 saturated heterocycles. The molecule has 5 heteroatoms. The third-order valence-corrected chi connectivity index (χ3v) is 3.27. The fourth-order valence-electron chi connectivity index (χ4n) is 1.87. The topological polar surface area (TPSA) is 64.3 Å². The molecule has 1 amide bonds. The summed E-state index contributed by atoms with van der Waals surface area (Å²) in [5.41, 5.74) is 7.38. The number of hydrogen-bond acceptors (Lipinski definition) is 3. The van der Waals surface area contributed by atoms with E-state index in [0.717, 1.165) is 5.56 Å². The van der Waals surface area contributed by atoms with Gasteiger partial charge in [-0.05, 0) is 23.8 Å². The molecule has 2 aromatic carbocycles. The van der Waals surface area contributed by atoms with Crippen LogP contribution in [-0.4, -0.2) is 13.0 Å². The molecule has 0 spiro atoms. The predicted molar refractivity (Wildman–Crippen MR) is 80.0 cm³/mol. The molecular weight excluding hydrogens is 276 g/mol. The fourth-order valence-corrected chi connectivity index (χ4v) is 2.07. The summed E-state index contributed by atoms with van der Waals surface area (Å²) in [6.07, 6.45) is 0. The van der Waals surface area contributed by atoms with Crippen molar-refractivity contribution in [3.05, 3.63) is 58.6 Å². The molecule has 0 aliphatic carbocycles. The van der Waals surface area contributed by atoms with Crippen molar-refractivity contribution in [2.24, 2.45) is 0 Å². The van der Waals surface area contributed by atoms with Crippen LogP contribution in [0.25, 0.3) is 0 Å². The van der Waals surface area contributed by atoms with E-state index >= 15 is 0 Å². The molecule has 0 unspecified atom stereocenters. The van der Waals surface area contributed by atoms with Gasteiger partial charge in [-0.1, -0.05) is 35.9 Å². The average molecular weight is 291 g/mol. The number of nitrogens with one attached hydrogen (secondary N) is 1. The van der Waals surface area contributed by atoms with Crippen molar-refractivity contribution in [3.8, 4) is 5.75 Å². The van der Waals surface area contributed by atoms with E-state index in [1.807, 2.05) is 18.2 Å². The monoisotopic (exact) mass is 290 g/mol. The summed E-state index contributed by atoms with van der Waals surface area (Å²) in [7, 11) is 1.50. The third kappa shape index (κ3) is 3.03. The number of nitrogen functional groups attached to an aromatic ring is 1. The minimum Gasteiger partial charge on any atom is -0.496 e. The number of methoxy groups -OCH3 is 1. The third-order valence-electron chi connectivity index (χ3n) is 2.90. The van der Waals surface area contributed by atoms with Crippen molar-refractivity contribution in [2.45, 2.75) is 6.54 Å². The van der Waals surface area contributed by atoms with Gasteiger partial charge in [0.15, 0.2) is 0 Å². The van der Waals surface area contributed by atoms with Crippen LogP contribution < -0.4 is 15.8 Å². The smallest absolute Gasteiger partial charge is 0.257 e. The van der Waals surface area contributed by atoms with Gasteiger partial charge in [0.1, 0.15) is 11.3 Å². The Hall–Kier alpha value is -2.20. The molecule has 104 valence electrons. The number of halogens is 1. The highest BCUT2D eigenvalue weighted by atomic mass is 35.5. The van der Waals surface area contributed by atoms with E-state index in [4.69, 9.17) is 22.1 Å². The summed E-state index contributed by atoms with van der Waals surface area (Å²) in [5, 5.41) is 3.40. The molecule has 0 heterocycles. The molecule has 20 heavy (non-hydrogen) atoms. The molecule has 0 bridgehead atoms. The Morgan fingerprint density at radius 1 is 1.25 bits per heavy atom. The van der Waals surface area contributed by atoms with Gasteiger partial charge in [0.05, 0.1) is 7.11 Å². The van der Waals surface area contributed by atoms with Crippen molar-refractivity contribution >= 4 is 23.2 Å². The lowest BCUT2D eigenvalue weighted by Gasteiger charge is -2.12. The van der Waals surface area contributed by atoms with Crippen molar-refractivity contribution < 1.29 is 9.53 Å². The van der Waals surface area contributed by atoms with E-state index in [1.54, 1.807) is 24.3 Å². The first-order valence-electron chi connectivity index (χ1n) is 6.07. The zero-order valence-electron chi connectivity index (χ0n) is 11.0. The van der Waals surface area contributed by atoms with Gasteiger partial charge in [-0.25, -0.2) is 0 Å². The summed E-state index contributed by atoms with van der Waals surface area (Å²) in [4.78, 5) is 12.2. The molecule has 0 aliphatic heterocycles. The number of ether oxygens (including phenoxy) is 1. The van der Waals surface area contributed by atoms with Gasteiger partial charge in [-0.3, -0.25) is 4.79 Å². The van der Waals surface area contributed by atoms with E-state index in [9.17, 15) is 4.79 Å². The lowest BCUT2D eigenvalue weighted by molar-refractivity contribution is 0.0949. The first-order chi connectivity index (χ1) is 9.63.